The van der Waals surface area contributed by atoms with Gasteiger partial charge in [-0.2, -0.15) is 0 Å². The number of ether oxygens (including phenoxy) is 1. The van der Waals surface area contributed by atoms with Crippen LogP contribution >= 0.6 is 11.6 Å². The van der Waals surface area contributed by atoms with Crippen molar-refractivity contribution in [3.8, 4) is 11.1 Å². The number of halogens is 1. The summed E-state index contributed by atoms with van der Waals surface area (Å²) in [5, 5.41) is 11.9. The molecule has 7 nitrogen and oxygen atoms in total. The molecule has 1 atom stereocenters. The molecule has 0 spiro atoms. The third-order valence-electron chi connectivity index (χ3n) is 5.07. The molecule has 2 aromatic carbocycles. The molecule has 0 aliphatic heterocycles. The molecule has 1 unspecified atom stereocenters. The first-order chi connectivity index (χ1) is 15.4. The average Bonchev–Trinajstić information content (AvgIpc) is 2.81. The molecule has 8 heteroatoms. The van der Waals surface area contributed by atoms with Crippen LogP contribution in [-0.4, -0.2) is 36.1 Å². The first-order valence-corrected chi connectivity index (χ1v) is 11.0. The number of unbranched alkanes of at least 4 members (excludes halogenated alkanes) is 3. The van der Waals surface area contributed by atoms with Crippen molar-refractivity contribution >= 4 is 29.4 Å². The van der Waals surface area contributed by atoms with Gasteiger partial charge < -0.3 is 10.1 Å². The second kappa shape index (κ2) is 13.5. The molecule has 32 heavy (non-hydrogen) atoms. The van der Waals surface area contributed by atoms with Gasteiger partial charge in [0.2, 0.25) is 11.8 Å². The SMILES string of the molecule is COC(=O)C(Cc1ccc(-c2ccc(Cl)cc2)cc1)NC(=O)CCCCCCC(=O)NO. The molecule has 2 rings (SSSR count). The van der Waals surface area contributed by atoms with Crippen molar-refractivity contribution in [2.24, 2.45) is 0 Å². The zero-order valence-corrected chi connectivity index (χ0v) is 18.9. The summed E-state index contributed by atoms with van der Waals surface area (Å²) in [4.78, 5) is 35.4. The van der Waals surface area contributed by atoms with Gasteiger partial charge in [0.25, 0.3) is 0 Å². The van der Waals surface area contributed by atoms with E-state index in [2.05, 4.69) is 5.32 Å². The van der Waals surface area contributed by atoms with Gasteiger partial charge in [0, 0.05) is 24.3 Å². The standard InChI is InChI=1S/C24H29ClN2O5/c1-32-24(30)21(26-22(28)6-4-2-3-5-7-23(29)27-31)16-17-8-10-18(11-9-17)19-12-14-20(25)15-13-19/h8-15,21,31H,2-7,16H2,1H3,(H,26,28)(H,27,29). The van der Waals surface area contributed by atoms with E-state index in [0.29, 0.717) is 24.3 Å². The van der Waals surface area contributed by atoms with Gasteiger partial charge in [-0.15, -0.1) is 0 Å². The molecule has 0 saturated carbocycles. The van der Waals surface area contributed by atoms with E-state index >= 15 is 0 Å². The van der Waals surface area contributed by atoms with Crippen LogP contribution in [0.2, 0.25) is 5.02 Å². The van der Waals surface area contributed by atoms with Gasteiger partial charge in [-0.1, -0.05) is 60.8 Å². The van der Waals surface area contributed by atoms with E-state index in [1.807, 2.05) is 48.5 Å². The predicted octanol–water partition coefficient (Wildman–Crippen LogP) is 4.05. The number of methoxy groups -OCH3 is 1. The van der Waals surface area contributed by atoms with Crippen LogP contribution in [0.4, 0.5) is 0 Å². The Kier molecular flexibility index (Phi) is 10.7. The van der Waals surface area contributed by atoms with Crippen LogP contribution in [0.15, 0.2) is 48.5 Å². The van der Waals surface area contributed by atoms with Gasteiger partial charge in [-0.3, -0.25) is 14.8 Å². The Labute approximate surface area is 193 Å². The zero-order chi connectivity index (χ0) is 23.3. The highest BCUT2D eigenvalue weighted by atomic mass is 35.5. The van der Waals surface area contributed by atoms with E-state index in [-0.39, 0.29) is 18.7 Å². The van der Waals surface area contributed by atoms with Crippen molar-refractivity contribution in [3.63, 3.8) is 0 Å². The summed E-state index contributed by atoms with van der Waals surface area (Å²) in [5.74, 6) is -1.12. The maximum atomic E-state index is 12.3. The molecule has 0 heterocycles. The molecule has 0 fully saturated rings. The van der Waals surface area contributed by atoms with E-state index in [9.17, 15) is 14.4 Å². The van der Waals surface area contributed by atoms with Crippen LogP contribution in [0.1, 0.15) is 44.1 Å². The van der Waals surface area contributed by atoms with Crippen molar-refractivity contribution in [1.29, 1.82) is 0 Å². The highest BCUT2D eigenvalue weighted by Gasteiger charge is 2.21. The van der Waals surface area contributed by atoms with Gasteiger partial charge in [0.15, 0.2) is 0 Å². The summed E-state index contributed by atoms with van der Waals surface area (Å²) >= 11 is 5.94. The fraction of sp³-hybridized carbons (Fsp3) is 0.375. The molecule has 2 amide bonds. The normalized spacial score (nSPS) is 11.5. The fourth-order valence-electron chi connectivity index (χ4n) is 3.29. The van der Waals surface area contributed by atoms with Gasteiger partial charge in [-0.05, 0) is 41.7 Å². The molecule has 3 N–H and O–H groups in total. The number of carbonyl (C=O) groups is 3. The van der Waals surface area contributed by atoms with Crippen LogP contribution in [0.3, 0.4) is 0 Å². The maximum absolute atomic E-state index is 12.3. The Balaban J connectivity index is 1.84. The van der Waals surface area contributed by atoms with Crippen LogP contribution in [0.25, 0.3) is 11.1 Å². The lowest BCUT2D eigenvalue weighted by Crippen LogP contribution is -2.43. The minimum Gasteiger partial charge on any atom is -0.467 e. The van der Waals surface area contributed by atoms with Crippen molar-refractivity contribution in [2.45, 2.75) is 51.0 Å². The number of hydrogen-bond acceptors (Lipinski definition) is 5. The highest BCUT2D eigenvalue weighted by molar-refractivity contribution is 6.30. The van der Waals surface area contributed by atoms with E-state index in [1.165, 1.54) is 7.11 Å². The van der Waals surface area contributed by atoms with Crippen LogP contribution in [0, 0.1) is 0 Å². The lowest BCUT2D eigenvalue weighted by Gasteiger charge is -2.17. The Hall–Kier alpha value is -2.90. The van der Waals surface area contributed by atoms with Crippen molar-refractivity contribution in [1.82, 2.24) is 10.8 Å². The first-order valence-electron chi connectivity index (χ1n) is 10.6. The number of nitrogens with one attached hydrogen (secondary N) is 2. The zero-order valence-electron chi connectivity index (χ0n) is 18.1. The van der Waals surface area contributed by atoms with Crippen LogP contribution in [0.5, 0.6) is 0 Å². The molecule has 0 aliphatic rings. The summed E-state index contributed by atoms with van der Waals surface area (Å²) in [6.45, 7) is 0. The summed E-state index contributed by atoms with van der Waals surface area (Å²) in [6.07, 6.45) is 3.72. The van der Waals surface area contributed by atoms with Crippen molar-refractivity contribution < 1.29 is 24.3 Å². The predicted molar refractivity (Wildman–Crippen MR) is 122 cm³/mol. The summed E-state index contributed by atoms with van der Waals surface area (Å²) in [6, 6.07) is 14.6. The minimum atomic E-state index is -0.762. The summed E-state index contributed by atoms with van der Waals surface area (Å²) in [7, 11) is 1.30. The highest BCUT2D eigenvalue weighted by Crippen LogP contribution is 2.22. The molecule has 0 saturated heterocycles. The maximum Gasteiger partial charge on any atom is 0.328 e. The van der Waals surface area contributed by atoms with E-state index in [4.69, 9.17) is 21.5 Å². The molecule has 172 valence electrons. The molecule has 0 aliphatic carbocycles. The lowest BCUT2D eigenvalue weighted by molar-refractivity contribution is -0.145. The molecule has 0 aromatic heterocycles. The molecule has 0 radical (unpaired) electrons. The minimum absolute atomic E-state index is 0.216. The first kappa shape index (κ1) is 25.4. The number of carbonyl (C=O) groups excluding carboxylic acids is 3. The third kappa shape index (κ3) is 8.69. The van der Waals surface area contributed by atoms with Gasteiger partial charge in [0.05, 0.1) is 7.11 Å². The number of benzene rings is 2. The number of hydrogen-bond donors (Lipinski definition) is 3. The topological polar surface area (TPSA) is 105 Å². The third-order valence-corrected chi connectivity index (χ3v) is 5.33. The molecular formula is C24H29ClN2O5. The van der Waals surface area contributed by atoms with Crippen molar-refractivity contribution in [2.75, 3.05) is 7.11 Å². The molecule has 2 aromatic rings. The second-order valence-electron chi connectivity index (χ2n) is 7.50. The number of hydroxylamine groups is 1. The number of amides is 2. The Morgan fingerprint density at radius 2 is 1.41 bits per heavy atom. The largest absolute Gasteiger partial charge is 0.467 e. The van der Waals surface area contributed by atoms with Gasteiger partial charge in [-0.25, -0.2) is 10.3 Å². The monoisotopic (exact) mass is 460 g/mol. The number of esters is 1. The molecular weight excluding hydrogens is 432 g/mol. The van der Waals surface area contributed by atoms with E-state index < -0.39 is 17.9 Å². The van der Waals surface area contributed by atoms with E-state index in [1.54, 1.807) is 5.48 Å². The van der Waals surface area contributed by atoms with E-state index in [0.717, 1.165) is 29.5 Å². The van der Waals surface area contributed by atoms with Crippen LogP contribution in [-0.2, 0) is 25.5 Å². The Bertz CT molecular complexity index is 884. The van der Waals surface area contributed by atoms with Crippen LogP contribution < -0.4 is 10.8 Å². The van der Waals surface area contributed by atoms with Crippen molar-refractivity contribution in [3.05, 3.63) is 59.1 Å². The quantitative estimate of drug-likeness (QED) is 0.192. The van der Waals surface area contributed by atoms with Gasteiger partial charge >= 0.3 is 5.97 Å². The number of rotatable bonds is 12. The average molecular weight is 461 g/mol. The lowest BCUT2D eigenvalue weighted by atomic mass is 10.0. The van der Waals surface area contributed by atoms with Gasteiger partial charge in [0.1, 0.15) is 6.04 Å². The molecule has 0 bridgehead atoms. The Morgan fingerprint density at radius 3 is 1.94 bits per heavy atom. The second-order valence-corrected chi connectivity index (χ2v) is 7.94. The smallest absolute Gasteiger partial charge is 0.328 e. The fourth-order valence-corrected chi connectivity index (χ4v) is 3.42. The summed E-state index contributed by atoms with van der Waals surface area (Å²) in [5.41, 5.74) is 4.56. The Morgan fingerprint density at radius 1 is 0.875 bits per heavy atom. The summed E-state index contributed by atoms with van der Waals surface area (Å²) < 4.78 is 4.86.